The van der Waals surface area contributed by atoms with Crippen LogP contribution < -0.4 is 10.1 Å². The molecule has 1 amide bonds. The Morgan fingerprint density at radius 3 is 2.81 bits per heavy atom. The molecule has 0 saturated carbocycles. The zero-order valence-corrected chi connectivity index (χ0v) is 13.5. The standard InChI is InChI=1S/C17H26N2O2/c1-13-12-19(10-9-18-13)16(20)17(2,3)11-14-7-5-6-8-15(14)21-4/h5-8,13,18H,9-12H2,1-4H3. The number of methoxy groups -OCH3 is 1. The second-order valence-electron chi connectivity index (χ2n) is 6.48. The molecule has 4 heteroatoms. The molecule has 21 heavy (non-hydrogen) atoms. The summed E-state index contributed by atoms with van der Waals surface area (Å²) < 4.78 is 5.40. The van der Waals surface area contributed by atoms with E-state index in [-0.39, 0.29) is 5.91 Å². The van der Waals surface area contributed by atoms with Crippen LogP contribution in [0.15, 0.2) is 24.3 Å². The summed E-state index contributed by atoms with van der Waals surface area (Å²) in [4.78, 5) is 14.8. The second kappa shape index (κ2) is 6.48. The van der Waals surface area contributed by atoms with Crippen LogP contribution in [0.2, 0.25) is 0 Å². The van der Waals surface area contributed by atoms with E-state index in [1.165, 1.54) is 0 Å². The van der Waals surface area contributed by atoms with Crippen molar-refractivity contribution in [2.75, 3.05) is 26.7 Å². The smallest absolute Gasteiger partial charge is 0.228 e. The highest BCUT2D eigenvalue weighted by Crippen LogP contribution is 2.29. The lowest BCUT2D eigenvalue weighted by molar-refractivity contribution is -0.141. The number of carbonyl (C=O) groups excluding carboxylic acids is 1. The maximum atomic E-state index is 12.8. The van der Waals surface area contributed by atoms with E-state index in [1.54, 1.807) is 7.11 Å². The molecule has 1 aromatic carbocycles. The van der Waals surface area contributed by atoms with Crippen molar-refractivity contribution in [3.8, 4) is 5.75 Å². The summed E-state index contributed by atoms with van der Waals surface area (Å²) in [5, 5.41) is 3.37. The number of carbonyl (C=O) groups is 1. The number of nitrogens with zero attached hydrogens (tertiary/aromatic N) is 1. The average molecular weight is 290 g/mol. The maximum absolute atomic E-state index is 12.8. The summed E-state index contributed by atoms with van der Waals surface area (Å²) in [5.41, 5.74) is 0.660. The van der Waals surface area contributed by atoms with Crippen LogP contribution in [0.25, 0.3) is 0 Å². The zero-order chi connectivity index (χ0) is 15.5. The van der Waals surface area contributed by atoms with Gasteiger partial charge in [-0.2, -0.15) is 0 Å². The Morgan fingerprint density at radius 1 is 1.43 bits per heavy atom. The number of para-hydroxylation sites is 1. The minimum atomic E-state index is -0.425. The highest BCUT2D eigenvalue weighted by molar-refractivity contribution is 5.82. The van der Waals surface area contributed by atoms with Gasteiger partial charge in [-0.3, -0.25) is 4.79 Å². The third kappa shape index (κ3) is 3.76. The maximum Gasteiger partial charge on any atom is 0.228 e. The first kappa shape index (κ1) is 15.8. The van der Waals surface area contributed by atoms with Crippen molar-refractivity contribution in [2.24, 2.45) is 5.41 Å². The molecule has 1 aromatic rings. The topological polar surface area (TPSA) is 41.6 Å². The third-order valence-corrected chi connectivity index (χ3v) is 4.06. The first-order chi connectivity index (χ1) is 9.94. The van der Waals surface area contributed by atoms with Gasteiger partial charge in [0.05, 0.1) is 7.11 Å². The van der Waals surface area contributed by atoms with E-state index in [0.717, 1.165) is 30.9 Å². The molecule has 1 aliphatic heterocycles. The Balaban J connectivity index is 2.11. The highest BCUT2D eigenvalue weighted by Gasteiger charge is 2.34. The van der Waals surface area contributed by atoms with E-state index in [1.807, 2.05) is 43.0 Å². The minimum absolute atomic E-state index is 0.224. The Labute approximate surface area is 127 Å². The predicted octanol–water partition coefficient (Wildman–Crippen LogP) is 2.08. The number of hydrogen-bond donors (Lipinski definition) is 1. The summed E-state index contributed by atoms with van der Waals surface area (Å²) in [7, 11) is 1.67. The fourth-order valence-corrected chi connectivity index (χ4v) is 2.95. The molecule has 0 aliphatic carbocycles. The van der Waals surface area contributed by atoms with Crippen molar-refractivity contribution in [2.45, 2.75) is 33.2 Å². The molecule has 1 N–H and O–H groups in total. The molecule has 1 heterocycles. The van der Waals surface area contributed by atoms with Gasteiger partial charge in [0.1, 0.15) is 5.75 Å². The van der Waals surface area contributed by atoms with Gasteiger partial charge in [0.2, 0.25) is 5.91 Å². The number of ether oxygens (including phenoxy) is 1. The Hall–Kier alpha value is -1.55. The monoisotopic (exact) mass is 290 g/mol. The number of nitrogens with one attached hydrogen (secondary N) is 1. The van der Waals surface area contributed by atoms with Crippen LogP contribution in [0.4, 0.5) is 0 Å². The van der Waals surface area contributed by atoms with Crippen molar-refractivity contribution >= 4 is 5.91 Å². The minimum Gasteiger partial charge on any atom is -0.496 e. The molecular formula is C17H26N2O2. The van der Waals surface area contributed by atoms with Crippen LogP contribution in [0.1, 0.15) is 26.3 Å². The van der Waals surface area contributed by atoms with Gasteiger partial charge < -0.3 is 15.0 Å². The summed E-state index contributed by atoms with van der Waals surface area (Å²) in [6, 6.07) is 8.29. The third-order valence-electron chi connectivity index (χ3n) is 4.06. The van der Waals surface area contributed by atoms with Crippen molar-refractivity contribution in [1.29, 1.82) is 0 Å². The summed E-state index contributed by atoms with van der Waals surface area (Å²) in [6.07, 6.45) is 0.689. The molecule has 4 nitrogen and oxygen atoms in total. The Bertz CT molecular complexity index is 499. The summed E-state index contributed by atoms with van der Waals surface area (Å²) >= 11 is 0. The van der Waals surface area contributed by atoms with E-state index in [2.05, 4.69) is 12.2 Å². The van der Waals surface area contributed by atoms with Crippen LogP contribution in [-0.4, -0.2) is 43.6 Å². The molecule has 1 atom stereocenters. The fraction of sp³-hybridized carbons (Fsp3) is 0.588. The molecule has 0 radical (unpaired) electrons. The molecule has 2 rings (SSSR count). The van der Waals surface area contributed by atoms with Crippen LogP contribution in [0, 0.1) is 5.41 Å². The van der Waals surface area contributed by atoms with Crippen molar-refractivity contribution in [1.82, 2.24) is 10.2 Å². The first-order valence-electron chi connectivity index (χ1n) is 7.58. The van der Waals surface area contributed by atoms with Crippen molar-refractivity contribution < 1.29 is 9.53 Å². The second-order valence-corrected chi connectivity index (χ2v) is 6.48. The van der Waals surface area contributed by atoms with Gasteiger partial charge in [0, 0.05) is 31.1 Å². The Morgan fingerprint density at radius 2 is 2.14 bits per heavy atom. The van der Waals surface area contributed by atoms with E-state index < -0.39 is 5.41 Å². The lowest BCUT2D eigenvalue weighted by Gasteiger charge is -2.37. The van der Waals surface area contributed by atoms with Crippen molar-refractivity contribution in [3.63, 3.8) is 0 Å². The summed E-state index contributed by atoms with van der Waals surface area (Å²) in [6.45, 7) is 8.61. The molecular weight excluding hydrogens is 264 g/mol. The van der Waals surface area contributed by atoms with Crippen molar-refractivity contribution in [3.05, 3.63) is 29.8 Å². The van der Waals surface area contributed by atoms with Gasteiger partial charge in [-0.25, -0.2) is 0 Å². The van der Waals surface area contributed by atoms with E-state index in [0.29, 0.717) is 12.5 Å². The average Bonchev–Trinajstić information content (AvgIpc) is 2.46. The van der Waals surface area contributed by atoms with Gasteiger partial charge in [-0.15, -0.1) is 0 Å². The zero-order valence-electron chi connectivity index (χ0n) is 13.5. The largest absolute Gasteiger partial charge is 0.496 e. The lowest BCUT2D eigenvalue weighted by Crippen LogP contribution is -2.54. The SMILES string of the molecule is COc1ccccc1CC(C)(C)C(=O)N1CCNC(C)C1. The quantitative estimate of drug-likeness (QED) is 0.923. The van der Waals surface area contributed by atoms with E-state index in [4.69, 9.17) is 4.74 Å². The highest BCUT2D eigenvalue weighted by atomic mass is 16.5. The number of piperazine rings is 1. The normalized spacial score (nSPS) is 19.4. The van der Waals surface area contributed by atoms with Gasteiger partial charge in [0.25, 0.3) is 0 Å². The fourth-order valence-electron chi connectivity index (χ4n) is 2.95. The van der Waals surface area contributed by atoms with Gasteiger partial charge in [-0.1, -0.05) is 32.0 Å². The number of rotatable bonds is 4. The lowest BCUT2D eigenvalue weighted by atomic mass is 9.83. The molecule has 1 unspecified atom stereocenters. The van der Waals surface area contributed by atoms with Crippen LogP contribution >= 0.6 is 0 Å². The van der Waals surface area contributed by atoms with Gasteiger partial charge >= 0.3 is 0 Å². The molecule has 0 spiro atoms. The molecule has 1 saturated heterocycles. The van der Waals surface area contributed by atoms with Crippen LogP contribution in [0.3, 0.4) is 0 Å². The Kier molecular flexibility index (Phi) is 4.88. The number of hydrogen-bond acceptors (Lipinski definition) is 3. The van der Waals surface area contributed by atoms with E-state index >= 15 is 0 Å². The van der Waals surface area contributed by atoms with E-state index in [9.17, 15) is 4.79 Å². The summed E-state index contributed by atoms with van der Waals surface area (Å²) in [5.74, 6) is 1.08. The van der Waals surface area contributed by atoms with Crippen LogP contribution in [-0.2, 0) is 11.2 Å². The molecule has 1 aliphatic rings. The van der Waals surface area contributed by atoms with Gasteiger partial charge in [0.15, 0.2) is 0 Å². The molecule has 116 valence electrons. The molecule has 1 fully saturated rings. The van der Waals surface area contributed by atoms with Gasteiger partial charge in [-0.05, 0) is 25.0 Å². The molecule has 0 bridgehead atoms. The van der Waals surface area contributed by atoms with Crippen LogP contribution in [0.5, 0.6) is 5.75 Å². The molecule has 0 aromatic heterocycles. The number of benzene rings is 1. The number of amides is 1. The predicted molar refractivity (Wildman–Crippen MR) is 84.5 cm³/mol. The first-order valence-corrected chi connectivity index (χ1v) is 7.58.